The van der Waals surface area contributed by atoms with Crippen LogP contribution in [0.25, 0.3) is 0 Å². The van der Waals surface area contributed by atoms with Gasteiger partial charge in [0.25, 0.3) is 0 Å². The van der Waals surface area contributed by atoms with Crippen molar-refractivity contribution in [1.82, 2.24) is 15.6 Å². The molecule has 0 aliphatic heterocycles. The molecule has 0 spiro atoms. The van der Waals surface area contributed by atoms with Crippen LogP contribution in [-0.2, 0) is 6.42 Å². The summed E-state index contributed by atoms with van der Waals surface area (Å²) in [6.45, 7) is 4.06. The highest BCUT2D eigenvalue weighted by atomic mass is 32.1. The Hall–Kier alpha value is -2.28. The molecule has 2 rings (SSSR count). The Morgan fingerprint density at radius 1 is 1.25 bits per heavy atom. The van der Waals surface area contributed by atoms with E-state index in [0.29, 0.717) is 13.2 Å². The standard InChI is InChI=1S/C17H24N4O2S/c1-13-12-21-16(24-13)7-8-19-17(18-2)20-9-10-23-15-6-4-5-14(11-15)22-3/h4-6,11-12H,7-10H2,1-3H3,(H2,18,19,20). The highest BCUT2D eigenvalue weighted by molar-refractivity contribution is 7.11. The lowest BCUT2D eigenvalue weighted by Crippen LogP contribution is -2.40. The van der Waals surface area contributed by atoms with E-state index in [0.717, 1.165) is 35.4 Å². The van der Waals surface area contributed by atoms with Crippen LogP contribution in [0.2, 0.25) is 0 Å². The fraction of sp³-hybridized carbons (Fsp3) is 0.412. The molecule has 6 nitrogen and oxygen atoms in total. The van der Waals surface area contributed by atoms with Crippen molar-refractivity contribution >= 4 is 17.3 Å². The van der Waals surface area contributed by atoms with Crippen LogP contribution < -0.4 is 20.1 Å². The third-order valence-corrected chi connectivity index (χ3v) is 4.20. The highest BCUT2D eigenvalue weighted by Crippen LogP contribution is 2.18. The number of aryl methyl sites for hydroxylation is 1. The number of hydrogen-bond donors (Lipinski definition) is 2. The van der Waals surface area contributed by atoms with Crippen LogP contribution in [0.5, 0.6) is 11.5 Å². The van der Waals surface area contributed by atoms with E-state index in [-0.39, 0.29) is 0 Å². The number of benzene rings is 1. The Kier molecular flexibility index (Phi) is 7.35. The van der Waals surface area contributed by atoms with Gasteiger partial charge in [-0.1, -0.05) is 6.07 Å². The third-order valence-electron chi connectivity index (χ3n) is 3.23. The number of aromatic nitrogens is 1. The smallest absolute Gasteiger partial charge is 0.191 e. The molecule has 7 heteroatoms. The molecule has 1 aromatic heterocycles. The summed E-state index contributed by atoms with van der Waals surface area (Å²) in [4.78, 5) is 9.79. The Morgan fingerprint density at radius 3 is 2.75 bits per heavy atom. The molecular formula is C17H24N4O2S. The lowest BCUT2D eigenvalue weighted by molar-refractivity contribution is 0.319. The molecule has 0 bridgehead atoms. The summed E-state index contributed by atoms with van der Waals surface area (Å²) in [7, 11) is 3.40. The fourth-order valence-corrected chi connectivity index (χ4v) is 2.84. The lowest BCUT2D eigenvalue weighted by atomic mass is 10.3. The molecule has 24 heavy (non-hydrogen) atoms. The molecule has 0 saturated carbocycles. The van der Waals surface area contributed by atoms with Crippen molar-refractivity contribution < 1.29 is 9.47 Å². The van der Waals surface area contributed by atoms with Gasteiger partial charge in [0.1, 0.15) is 18.1 Å². The van der Waals surface area contributed by atoms with Gasteiger partial charge in [-0.2, -0.15) is 0 Å². The Bertz CT molecular complexity index is 658. The van der Waals surface area contributed by atoms with E-state index in [9.17, 15) is 0 Å². The molecule has 0 fully saturated rings. The molecule has 1 aromatic carbocycles. The first-order valence-corrected chi connectivity index (χ1v) is 8.65. The number of thiazole rings is 1. The van der Waals surface area contributed by atoms with Crippen LogP contribution in [0.15, 0.2) is 35.5 Å². The van der Waals surface area contributed by atoms with E-state index in [1.807, 2.05) is 30.5 Å². The number of methoxy groups -OCH3 is 1. The summed E-state index contributed by atoms with van der Waals surface area (Å²) < 4.78 is 10.9. The van der Waals surface area contributed by atoms with Gasteiger partial charge >= 0.3 is 0 Å². The predicted molar refractivity (Wildman–Crippen MR) is 98.4 cm³/mol. The van der Waals surface area contributed by atoms with E-state index in [2.05, 4.69) is 27.5 Å². The highest BCUT2D eigenvalue weighted by Gasteiger charge is 2.01. The monoisotopic (exact) mass is 348 g/mol. The third kappa shape index (κ3) is 6.08. The molecule has 0 aliphatic carbocycles. The zero-order chi connectivity index (χ0) is 17.2. The Labute approximate surface area is 146 Å². The SMILES string of the molecule is CN=C(NCCOc1cccc(OC)c1)NCCc1ncc(C)s1. The minimum absolute atomic E-state index is 0.541. The van der Waals surface area contributed by atoms with Gasteiger partial charge in [0.05, 0.1) is 18.7 Å². The number of nitrogens with one attached hydrogen (secondary N) is 2. The van der Waals surface area contributed by atoms with Crippen LogP contribution in [0.3, 0.4) is 0 Å². The maximum atomic E-state index is 5.69. The summed E-state index contributed by atoms with van der Waals surface area (Å²) in [5.41, 5.74) is 0. The largest absolute Gasteiger partial charge is 0.497 e. The normalized spacial score (nSPS) is 11.2. The summed E-state index contributed by atoms with van der Waals surface area (Å²) >= 11 is 1.73. The fourth-order valence-electron chi connectivity index (χ4n) is 2.05. The molecule has 0 aliphatic rings. The number of ether oxygens (including phenoxy) is 2. The zero-order valence-corrected chi connectivity index (χ0v) is 15.2. The van der Waals surface area contributed by atoms with Gasteiger partial charge in [-0.05, 0) is 19.1 Å². The molecule has 1 heterocycles. The van der Waals surface area contributed by atoms with Crippen molar-refractivity contribution in [3.8, 4) is 11.5 Å². The summed E-state index contributed by atoms with van der Waals surface area (Å²) in [6.07, 6.45) is 2.79. The summed E-state index contributed by atoms with van der Waals surface area (Å²) in [5.74, 6) is 2.34. The molecule has 0 saturated heterocycles. The van der Waals surface area contributed by atoms with Crippen molar-refractivity contribution in [2.75, 3.05) is 33.9 Å². The summed E-state index contributed by atoms with van der Waals surface area (Å²) in [6, 6.07) is 7.57. The minimum atomic E-state index is 0.541. The van der Waals surface area contributed by atoms with Gasteiger partial charge in [0.15, 0.2) is 5.96 Å². The van der Waals surface area contributed by atoms with E-state index < -0.39 is 0 Å². The number of nitrogens with zero attached hydrogens (tertiary/aromatic N) is 2. The summed E-state index contributed by atoms with van der Waals surface area (Å²) in [5, 5.41) is 7.64. The first-order valence-electron chi connectivity index (χ1n) is 7.84. The van der Waals surface area contributed by atoms with Gasteiger partial charge in [0.2, 0.25) is 0 Å². The molecular weight excluding hydrogens is 324 g/mol. The second-order valence-electron chi connectivity index (χ2n) is 5.07. The molecule has 2 aromatic rings. The number of guanidine groups is 1. The van der Waals surface area contributed by atoms with Crippen molar-refractivity contribution in [2.24, 2.45) is 4.99 Å². The van der Waals surface area contributed by atoms with Crippen LogP contribution in [0.1, 0.15) is 9.88 Å². The van der Waals surface area contributed by atoms with Gasteiger partial charge in [-0.3, -0.25) is 4.99 Å². The maximum Gasteiger partial charge on any atom is 0.191 e. The second kappa shape index (κ2) is 9.77. The van der Waals surface area contributed by atoms with Crippen molar-refractivity contribution in [3.05, 3.63) is 40.3 Å². The average molecular weight is 348 g/mol. The van der Waals surface area contributed by atoms with Crippen LogP contribution in [0.4, 0.5) is 0 Å². The maximum absolute atomic E-state index is 5.69. The Morgan fingerprint density at radius 2 is 2.04 bits per heavy atom. The Balaban J connectivity index is 1.64. The molecule has 2 N–H and O–H groups in total. The van der Waals surface area contributed by atoms with Crippen molar-refractivity contribution in [3.63, 3.8) is 0 Å². The van der Waals surface area contributed by atoms with Gasteiger partial charge < -0.3 is 20.1 Å². The average Bonchev–Trinajstić information content (AvgIpc) is 3.02. The molecule has 0 atom stereocenters. The number of hydrogen-bond acceptors (Lipinski definition) is 5. The number of aliphatic imine (C=N–C) groups is 1. The quantitative estimate of drug-likeness (QED) is 0.435. The molecule has 0 unspecified atom stereocenters. The van der Waals surface area contributed by atoms with Gasteiger partial charge in [0, 0.05) is 37.2 Å². The molecule has 0 amide bonds. The second-order valence-corrected chi connectivity index (χ2v) is 6.39. The van der Waals surface area contributed by atoms with E-state index in [1.54, 1.807) is 25.5 Å². The minimum Gasteiger partial charge on any atom is -0.497 e. The lowest BCUT2D eigenvalue weighted by Gasteiger charge is -2.12. The van der Waals surface area contributed by atoms with Crippen LogP contribution in [0, 0.1) is 6.92 Å². The van der Waals surface area contributed by atoms with Crippen molar-refractivity contribution in [1.29, 1.82) is 0 Å². The first-order chi connectivity index (χ1) is 11.7. The first kappa shape index (κ1) is 18.1. The number of rotatable bonds is 8. The van der Waals surface area contributed by atoms with E-state index in [4.69, 9.17) is 9.47 Å². The van der Waals surface area contributed by atoms with Gasteiger partial charge in [-0.25, -0.2) is 4.98 Å². The molecule has 0 radical (unpaired) electrons. The zero-order valence-electron chi connectivity index (χ0n) is 14.3. The van der Waals surface area contributed by atoms with Gasteiger partial charge in [-0.15, -0.1) is 11.3 Å². The predicted octanol–water partition coefficient (Wildman–Crippen LogP) is 2.25. The van der Waals surface area contributed by atoms with Crippen LogP contribution >= 0.6 is 11.3 Å². The topological polar surface area (TPSA) is 67.8 Å². The van der Waals surface area contributed by atoms with E-state index >= 15 is 0 Å². The van der Waals surface area contributed by atoms with Crippen molar-refractivity contribution in [2.45, 2.75) is 13.3 Å². The van der Waals surface area contributed by atoms with Crippen LogP contribution in [-0.4, -0.2) is 44.8 Å². The van der Waals surface area contributed by atoms with E-state index in [1.165, 1.54) is 4.88 Å². The molecule has 130 valence electrons.